The molecule has 2 aromatic rings. The Hall–Kier alpha value is -2.33. The zero-order chi connectivity index (χ0) is 21.1. The third-order valence-corrected chi connectivity index (χ3v) is 5.01. The fraction of sp³-hybridized carbons (Fsp3) is 0.278. The van der Waals surface area contributed by atoms with Gasteiger partial charge in [-0.1, -0.05) is 12.1 Å². The van der Waals surface area contributed by atoms with Crippen LogP contribution in [0.15, 0.2) is 36.4 Å². The molecular weight excluding hydrogens is 406 g/mol. The van der Waals surface area contributed by atoms with Crippen LogP contribution in [0.5, 0.6) is 0 Å². The zero-order valence-electron chi connectivity index (χ0n) is 14.5. The van der Waals surface area contributed by atoms with Crippen LogP contribution in [0.1, 0.15) is 32.5 Å². The maximum Gasteiger partial charge on any atom is 0.416 e. The second kappa shape index (κ2) is 8.36. The number of hydrogen-bond acceptors (Lipinski definition) is 3. The van der Waals surface area contributed by atoms with Gasteiger partial charge in [-0.25, -0.2) is 0 Å². The molecule has 0 bridgehead atoms. The lowest BCUT2D eigenvalue weighted by Gasteiger charge is -2.22. The van der Waals surface area contributed by atoms with E-state index >= 15 is 0 Å². The molecule has 2 rings (SSSR count). The highest BCUT2D eigenvalue weighted by atomic mass is 32.1. The van der Waals surface area contributed by atoms with E-state index in [2.05, 4.69) is 0 Å². The minimum Gasteiger partial charge on any atom is -0.337 e. The van der Waals surface area contributed by atoms with Crippen molar-refractivity contribution in [3.05, 3.63) is 62.9 Å². The van der Waals surface area contributed by atoms with Crippen LogP contribution in [0.3, 0.4) is 0 Å². The van der Waals surface area contributed by atoms with E-state index in [0.717, 1.165) is 28.6 Å². The minimum atomic E-state index is -4.97. The van der Waals surface area contributed by atoms with Gasteiger partial charge >= 0.3 is 12.4 Å². The topological polar surface area (TPSA) is 55.1 Å². The summed E-state index contributed by atoms with van der Waals surface area (Å²) in [6, 6.07) is 1.93. The summed E-state index contributed by atoms with van der Waals surface area (Å²) in [5.74, 6) is -1.08. The highest BCUT2D eigenvalue weighted by Crippen LogP contribution is 2.36. The van der Waals surface area contributed by atoms with E-state index in [9.17, 15) is 31.1 Å². The Labute approximate surface area is 160 Å². The molecule has 3 N–H and O–H groups in total. The van der Waals surface area contributed by atoms with Gasteiger partial charge in [0.15, 0.2) is 6.04 Å². The Morgan fingerprint density at radius 3 is 2.43 bits per heavy atom. The predicted molar refractivity (Wildman–Crippen MR) is 94.4 cm³/mol. The summed E-state index contributed by atoms with van der Waals surface area (Å²) in [5.41, 5.74) is 4.50. The number of alkyl halides is 6. The standard InChI is InChI=1S/C18H16F6N2OS/c1-10-7-13(28-14(10)9-25)5-6-15(27)26-16(18(22,23)24)11-3-2-4-12(8-11)17(19,20)21/h2-8,16H,9,25H2,1H3,(H,26,27)/b6-5+. The molecule has 1 heterocycles. The Morgan fingerprint density at radius 2 is 1.89 bits per heavy atom. The third-order valence-electron chi connectivity index (χ3n) is 3.79. The average molecular weight is 422 g/mol. The largest absolute Gasteiger partial charge is 0.416 e. The number of aryl methyl sites for hydroxylation is 1. The van der Waals surface area contributed by atoms with Crippen LogP contribution in [-0.4, -0.2) is 12.1 Å². The molecule has 1 atom stereocenters. The van der Waals surface area contributed by atoms with Crippen LogP contribution in [0.2, 0.25) is 0 Å². The number of thiophene rings is 1. The van der Waals surface area contributed by atoms with E-state index < -0.39 is 35.4 Å². The zero-order valence-corrected chi connectivity index (χ0v) is 15.3. The van der Waals surface area contributed by atoms with Crippen molar-refractivity contribution < 1.29 is 31.1 Å². The maximum absolute atomic E-state index is 13.3. The number of amides is 1. The van der Waals surface area contributed by atoms with Crippen molar-refractivity contribution in [1.82, 2.24) is 5.32 Å². The van der Waals surface area contributed by atoms with Crippen LogP contribution < -0.4 is 11.1 Å². The fourth-order valence-electron chi connectivity index (χ4n) is 2.43. The summed E-state index contributed by atoms with van der Waals surface area (Å²) >= 11 is 1.29. The number of benzene rings is 1. The number of nitrogens with one attached hydrogen (secondary N) is 1. The van der Waals surface area contributed by atoms with Gasteiger partial charge in [0.1, 0.15) is 0 Å². The lowest BCUT2D eigenvalue weighted by molar-refractivity contribution is -0.162. The minimum absolute atomic E-state index is 0.294. The van der Waals surface area contributed by atoms with Crippen LogP contribution in [0.25, 0.3) is 6.08 Å². The van der Waals surface area contributed by atoms with Crippen molar-refractivity contribution in [2.45, 2.75) is 31.9 Å². The van der Waals surface area contributed by atoms with Crippen molar-refractivity contribution in [3.8, 4) is 0 Å². The quantitative estimate of drug-likeness (QED) is 0.528. The molecule has 1 unspecified atom stereocenters. The normalized spacial score (nSPS) is 13.7. The molecule has 0 aliphatic rings. The van der Waals surface area contributed by atoms with E-state index in [-0.39, 0.29) is 0 Å². The molecule has 0 radical (unpaired) electrons. The van der Waals surface area contributed by atoms with E-state index in [0.29, 0.717) is 23.6 Å². The van der Waals surface area contributed by atoms with Crippen LogP contribution in [0.4, 0.5) is 26.3 Å². The summed E-state index contributed by atoms with van der Waals surface area (Å²) < 4.78 is 78.3. The van der Waals surface area contributed by atoms with Gasteiger partial charge in [-0.3, -0.25) is 4.79 Å². The molecule has 1 amide bonds. The SMILES string of the molecule is Cc1cc(/C=C/C(=O)NC(c2cccc(C(F)(F)F)c2)C(F)(F)F)sc1CN. The first kappa shape index (κ1) is 22.0. The highest BCUT2D eigenvalue weighted by molar-refractivity contribution is 7.13. The molecule has 3 nitrogen and oxygen atoms in total. The Bertz CT molecular complexity index is 870. The van der Waals surface area contributed by atoms with Crippen LogP contribution >= 0.6 is 11.3 Å². The monoisotopic (exact) mass is 422 g/mol. The number of carbonyl (C=O) groups excluding carboxylic acids is 1. The average Bonchev–Trinajstić information content (AvgIpc) is 2.96. The second-order valence-corrected chi connectivity index (χ2v) is 7.07. The Balaban J connectivity index is 2.23. The molecule has 0 saturated carbocycles. The van der Waals surface area contributed by atoms with Crippen molar-refractivity contribution in [2.24, 2.45) is 5.73 Å². The Kier molecular flexibility index (Phi) is 6.56. The van der Waals surface area contributed by atoms with Crippen molar-refractivity contribution in [1.29, 1.82) is 0 Å². The summed E-state index contributed by atoms with van der Waals surface area (Å²) in [4.78, 5) is 13.4. The lowest BCUT2D eigenvalue weighted by atomic mass is 10.0. The van der Waals surface area contributed by atoms with Crippen molar-refractivity contribution >= 4 is 23.3 Å². The first-order valence-electron chi connectivity index (χ1n) is 7.93. The first-order valence-corrected chi connectivity index (χ1v) is 8.75. The fourth-order valence-corrected chi connectivity index (χ4v) is 3.39. The molecular formula is C18H16F6N2OS. The molecule has 10 heteroatoms. The second-order valence-electron chi connectivity index (χ2n) is 5.90. The van der Waals surface area contributed by atoms with Gasteiger partial charge in [-0.15, -0.1) is 11.3 Å². The van der Waals surface area contributed by atoms with Gasteiger partial charge in [0, 0.05) is 22.4 Å². The first-order chi connectivity index (χ1) is 12.9. The van der Waals surface area contributed by atoms with Gasteiger partial charge < -0.3 is 11.1 Å². The number of rotatable bonds is 5. The number of carbonyl (C=O) groups is 1. The maximum atomic E-state index is 13.3. The molecule has 0 aliphatic carbocycles. The smallest absolute Gasteiger partial charge is 0.337 e. The van der Waals surface area contributed by atoms with Gasteiger partial charge in [0.25, 0.3) is 0 Å². The molecule has 152 valence electrons. The molecule has 1 aromatic carbocycles. The molecule has 0 fully saturated rings. The molecule has 28 heavy (non-hydrogen) atoms. The van der Waals surface area contributed by atoms with E-state index in [4.69, 9.17) is 5.73 Å². The third kappa shape index (κ3) is 5.59. The van der Waals surface area contributed by atoms with Crippen LogP contribution in [-0.2, 0) is 17.5 Å². The Morgan fingerprint density at radius 1 is 1.21 bits per heavy atom. The summed E-state index contributed by atoms with van der Waals surface area (Å²) in [6.07, 6.45) is -7.54. The number of halogens is 6. The number of nitrogens with two attached hydrogens (primary N) is 1. The molecule has 0 aliphatic heterocycles. The summed E-state index contributed by atoms with van der Waals surface area (Å²) in [7, 11) is 0. The molecule has 0 saturated heterocycles. The molecule has 0 spiro atoms. The van der Waals surface area contributed by atoms with Gasteiger partial charge in [-0.2, -0.15) is 26.3 Å². The van der Waals surface area contributed by atoms with Gasteiger partial charge in [0.05, 0.1) is 5.56 Å². The highest BCUT2D eigenvalue weighted by Gasteiger charge is 2.42. The van der Waals surface area contributed by atoms with E-state index in [1.54, 1.807) is 11.4 Å². The van der Waals surface area contributed by atoms with E-state index in [1.165, 1.54) is 17.4 Å². The summed E-state index contributed by atoms with van der Waals surface area (Å²) in [5, 5.41) is 1.72. The van der Waals surface area contributed by atoms with Crippen molar-refractivity contribution in [3.63, 3.8) is 0 Å². The molecule has 1 aromatic heterocycles. The lowest BCUT2D eigenvalue weighted by Crippen LogP contribution is -2.37. The summed E-state index contributed by atoms with van der Waals surface area (Å²) in [6.45, 7) is 2.10. The van der Waals surface area contributed by atoms with Gasteiger partial charge in [-0.05, 0) is 42.3 Å². The van der Waals surface area contributed by atoms with Crippen LogP contribution in [0, 0.1) is 6.92 Å². The van der Waals surface area contributed by atoms with Gasteiger partial charge in [0.2, 0.25) is 5.91 Å². The number of hydrogen-bond donors (Lipinski definition) is 2. The van der Waals surface area contributed by atoms with E-state index in [1.807, 2.05) is 6.92 Å². The van der Waals surface area contributed by atoms with Crippen molar-refractivity contribution in [2.75, 3.05) is 0 Å². The predicted octanol–water partition coefficient (Wildman–Crippen LogP) is 4.97.